The molecule has 5 nitrogen and oxygen atoms in total. The predicted molar refractivity (Wildman–Crippen MR) is 100 cm³/mol. The van der Waals surface area contributed by atoms with Gasteiger partial charge in [-0.05, 0) is 44.0 Å². The van der Waals surface area contributed by atoms with Gasteiger partial charge in [-0.25, -0.2) is 4.79 Å². The average molecular weight is 355 g/mol. The van der Waals surface area contributed by atoms with Crippen LogP contribution in [0.15, 0.2) is 54.6 Å². The van der Waals surface area contributed by atoms with Crippen LogP contribution in [-0.2, 0) is 22.6 Å². The van der Waals surface area contributed by atoms with E-state index in [0.29, 0.717) is 19.3 Å². The van der Waals surface area contributed by atoms with Gasteiger partial charge in [-0.2, -0.15) is 0 Å². The molecule has 0 aliphatic carbocycles. The van der Waals surface area contributed by atoms with Gasteiger partial charge in [-0.15, -0.1) is 0 Å². The molecular weight excluding hydrogens is 330 g/mol. The van der Waals surface area contributed by atoms with E-state index in [-0.39, 0.29) is 0 Å². The van der Waals surface area contributed by atoms with Crippen molar-refractivity contribution >= 4 is 12.4 Å². The maximum atomic E-state index is 11.8. The summed E-state index contributed by atoms with van der Waals surface area (Å²) in [5, 5.41) is 2.67. The van der Waals surface area contributed by atoms with E-state index in [2.05, 4.69) is 5.32 Å². The SMILES string of the molecule is CC(C)(C)NC(=O)O[C@H](C=O)Cc1ccc(OCc2ccccc2)cc1. The number of alkyl carbamates (subject to hydrolysis) is 1. The Balaban J connectivity index is 1.86. The fourth-order valence-corrected chi connectivity index (χ4v) is 2.29. The lowest BCUT2D eigenvalue weighted by atomic mass is 10.1. The molecule has 0 fully saturated rings. The van der Waals surface area contributed by atoms with Gasteiger partial charge in [-0.1, -0.05) is 42.5 Å². The zero-order chi connectivity index (χ0) is 19.0. The van der Waals surface area contributed by atoms with Gasteiger partial charge in [0.05, 0.1) is 0 Å². The molecule has 0 unspecified atom stereocenters. The van der Waals surface area contributed by atoms with E-state index in [4.69, 9.17) is 9.47 Å². The molecule has 0 aromatic heterocycles. The molecule has 1 N–H and O–H groups in total. The predicted octanol–water partition coefficient (Wildman–Crippen LogP) is 3.90. The second kappa shape index (κ2) is 9.04. The molecule has 0 aliphatic rings. The zero-order valence-electron chi connectivity index (χ0n) is 15.4. The first-order chi connectivity index (χ1) is 12.4. The van der Waals surface area contributed by atoms with Crippen LogP contribution in [0.2, 0.25) is 0 Å². The second-order valence-electron chi connectivity index (χ2n) is 7.08. The number of rotatable bonds is 7. The molecule has 0 bridgehead atoms. The molecule has 0 radical (unpaired) electrons. The van der Waals surface area contributed by atoms with Crippen LogP contribution in [0.5, 0.6) is 5.75 Å². The van der Waals surface area contributed by atoms with Crippen molar-refractivity contribution in [2.45, 2.75) is 45.4 Å². The summed E-state index contributed by atoms with van der Waals surface area (Å²) in [6.07, 6.45) is -0.465. The van der Waals surface area contributed by atoms with Gasteiger partial charge in [0.1, 0.15) is 12.4 Å². The van der Waals surface area contributed by atoms with E-state index in [9.17, 15) is 9.59 Å². The zero-order valence-corrected chi connectivity index (χ0v) is 15.4. The fourth-order valence-electron chi connectivity index (χ4n) is 2.29. The summed E-state index contributed by atoms with van der Waals surface area (Å²) >= 11 is 0. The highest BCUT2D eigenvalue weighted by Crippen LogP contribution is 2.16. The average Bonchev–Trinajstić information content (AvgIpc) is 2.60. The monoisotopic (exact) mass is 355 g/mol. The number of carbonyl (C=O) groups excluding carboxylic acids is 2. The highest BCUT2D eigenvalue weighted by Gasteiger charge is 2.19. The Kier molecular flexibility index (Phi) is 6.78. The lowest BCUT2D eigenvalue weighted by Gasteiger charge is -2.21. The number of aldehydes is 1. The Morgan fingerprint density at radius 2 is 1.69 bits per heavy atom. The molecule has 26 heavy (non-hydrogen) atoms. The van der Waals surface area contributed by atoms with Gasteiger partial charge < -0.3 is 14.8 Å². The third-order valence-electron chi connectivity index (χ3n) is 3.50. The Hall–Kier alpha value is -2.82. The summed E-state index contributed by atoms with van der Waals surface area (Å²) in [7, 11) is 0. The van der Waals surface area contributed by atoms with Gasteiger partial charge in [0.25, 0.3) is 0 Å². The molecule has 0 saturated carbocycles. The summed E-state index contributed by atoms with van der Waals surface area (Å²) < 4.78 is 10.9. The Bertz CT molecular complexity index is 705. The second-order valence-corrected chi connectivity index (χ2v) is 7.08. The van der Waals surface area contributed by atoms with E-state index in [1.807, 2.05) is 75.4 Å². The standard InChI is InChI=1S/C21H25NO4/c1-21(2,3)22-20(24)26-19(14-23)13-16-9-11-18(12-10-16)25-15-17-7-5-4-6-8-17/h4-12,14,19H,13,15H2,1-3H3,(H,22,24)/t19-/m0/s1. The summed E-state index contributed by atoms with van der Waals surface area (Å²) in [5.41, 5.74) is 1.57. The van der Waals surface area contributed by atoms with Gasteiger partial charge in [-0.3, -0.25) is 4.79 Å². The quantitative estimate of drug-likeness (QED) is 0.765. The van der Waals surface area contributed by atoms with Crippen molar-refractivity contribution in [3.8, 4) is 5.75 Å². The molecule has 138 valence electrons. The van der Waals surface area contributed by atoms with Gasteiger partial charge in [0.15, 0.2) is 12.4 Å². The van der Waals surface area contributed by atoms with Crippen LogP contribution in [-0.4, -0.2) is 24.0 Å². The molecule has 1 amide bonds. The highest BCUT2D eigenvalue weighted by molar-refractivity contribution is 5.71. The molecule has 0 saturated heterocycles. The number of benzene rings is 2. The van der Waals surface area contributed by atoms with Crippen LogP contribution < -0.4 is 10.1 Å². The Morgan fingerprint density at radius 1 is 1.04 bits per heavy atom. The smallest absolute Gasteiger partial charge is 0.408 e. The maximum Gasteiger partial charge on any atom is 0.408 e. The van der Waals surface area contributed by atoms with Crippen LogP contribution in [0.1, 0.15) is 31.9 Å². The number of carbonyl (C=O) groups is 2. The first kappa shape index (κ1) is 19.5. The lowest BCUT2D eigenvalue weighted by Crippen LogP contribution is -2.42. The van der Waals surface area contributed by atoms with Crippen molar-refractivity contribution in [3.05, 3.63) is 65.7 Å². The van der Waals surface area contributed by atoms with Crippen LogP contribution in [0, 0.1) is 0 Å². The summed E-state index contributed by atoms with van der Waals surface area (Å²) in [6.45, 7) is 6.03. The largest absolute Gasteiger partial charge is 0.489 e. The van der Waals surface area contributed by atoms with Crippen LogP contribution >= 0.6 is 0 Å². The summed E-state index contributed by atoms with van der Waals surface area (Å²) in [4.78, 5) is 23.0. The van der Waals surface area contributed by atoms with Gasteiger partial charge >= 0.3 is 6.09 Å². The first-order valence-corrected chi connectivity index (χ1v) is 8.55. The Morgan fingerprint density at radius 3 is 2.27 bits per heavy atom. The molecule has 0 heterocycles. The number of hydrogen-bond acceptors (Lipinski definition) is 4. The molecule has 0 spiro atoms. The summed E-state index contributed by atoms with van der Waals surface area (Å²) in [5.74, 6) is 0.742. The van der Waals surface area contributed by atoms with Crippen molar-refractivity contribution in [1.82, 2.24) is 5.32 Å². The Labute approximate surface area is 154 Å². The van der Waals surface area contributed by atoms with Crippen molar-refractivity contribution in [2.24, 2.45) is 0 Å². The van der Waals surface area contributed by atoms with Crippen LogP contribution in [0.3, 0.4) is 0 Å². The number of hydrogen-bond donors (Lipinski definition) is 1. The minimum absolute atomic E-state index is 0.319. The van der Waals surface area contributed by atoms with Crippen molar-refractivity contribution in [1.29, 1.82) is 0 Å². The van der Waals surface area contributed by atoms with E-state index >= 15 is 0 Å². The molecule has 5 heteroatoms. The van der Waals surface area contributed by atoms with E-state index in [0.717, 1.165) is 16.9 Å². The van der Waals surface area contributed by atoms with E-state index in [1.165, 1.54) is 0 Å². The third-order valence-corrected chi connectivity index (χ3v) is 3.50. The topological polar surface area (TPSA) is 64.6 Å². The highest BCUT2D eigenvalue weighted by atomic mass is 16.6. The van der Waals surface area contributed by atoms with Crippen LogP contribution in [0.4, 0.5) is 4.79 Å². The number of ether oxygens (including phenoxy) is 2. The molecule has 1 atom stereocenters. The molecule has 2 aromatic carbocycles. The maximum absolute atomic E-state index is 11.8. The van der Waals surface area contributed by atoms with Crippen molar-refractivity contribution in [3.63, 3.8) is 0 Å². The first-order valence-electron chi connectivity index (χ1n) is 8.55. The minimum Gasteiger partial charge on any atom is -0.489 e. The normalized spacial score (nSPS) is 12.1. The minimum atomic E-state index is -0.826. The fraction of sp³-hybridized carbons (Fsp3) is 0.333. The third kappa shape index (κ3) is 6.97. The molecule has 2 rings (SSSR count). The molecular formula is C21H25NO4. The number of nitrogens with one attached hydrogen (secondary N) is 1. The molecule has 0 aliphatic heterocycles. The number of amides is 1. The summed E-state index contributed by atoms with van der Waals surface area (Å²) in [6, 6.07) is 17.3. The molecule has 2 aromatic rings. The van der Waals surface area contributed by atoms with Gasteiger partial charge in [0, 0.05) is 12.0 Å². The van der Waals surface area contributed by atoms with Gasteiger partial charge in [0.2, 0.25) is 0 Å². The lowest BCUT2D eigenvalue weighted by molar-refractivity contribution is -0.115. The van der Waals surface area contributed by atoms with Crippen molar-refractivity contribution in [2.75, 3.05) is 0 Å². The van der Waals surface area contributed by atoms with Crippen LogP contribution in [0.25, 0.3) is 0 Å². The van der Waals surface area contributed by atoms with E-state index in [1.54, 1.807) is 0 Å². The van der Waals surface area contributed by atoms with Crippen molar-refractivity contribution < 1.29 is 19.1 Å². The van der Waals surface area contributed by atoms with E-state index < -0.39 is 17.7 Å².